The van der Waals surface area contributed by atoms with Gasteiger partial charge >= 0.3 is 0 Å². The Morgan fingerprint density at radius 2 is 1.86 bits per heavy atom. The highest BCUT2D eigenvalue weighted by Gasteiger charge is 2.18. The Kier molecular flexibility index (Phi) is 4.65. The van der Waals surface area contributed by atoms with Gasteiger partial charge in [-0.2, -0.15) is 0 Å². The minimum absolute atomic E-state index is 0.126. The molecule has 6 heteroatoms. The summed E-state index contributed by atoms with van der Waals surface area (Å²) in [5.74, 6) is -2.61. The van der Waals surface area contributed by atoms with Crippen LogP contribution in [0.5, 0.6) is 5.75 Å². The lowest BCUT2D eigenvalue weighted by atomic mass is 10.1. The van der Waals surface area contributed by atoms with Crippen molar-refractivity contribution in [3.05, 3.63) is 64.2 Å². The van der Waals surface area contributed by atoms with Crippen LogP contribution < -0.4 is 4.74 Å². The number of hydrogen-bond donors (Lipinski definition) is 0. The summed E-state index contributed by atoms with van der Waals surface area (Å²) in [6.45, 7) is -0.571. The zero-order valence-corrected chi connectivity index (χ0v) is 11.4. The number of Topliss-reactive ketones (excluding diaryl/α,β-unsaturated/α-hetero) is 1. The van der Waals surface area contributed by atoms with Gasteiger partial charge in [-0.25, -0.2) is 8.78 Å². The Morgan fingerprint density at radius 1 is 1.19 bits per heavy atom. The van der Waals surface area contributed by atoms with Crippen LogP contribution in [0.4, 0.5) is 8.78 Å². The normalized spacial score (nSPS) is 10.2. The summed E-state index contributed by atoms with van der Waals surface area (Å²) >= 11 is 5.86. The first-order chi connectivity index (χ1) is 10.0. The van der Waals surface area contributed by atoms with E-state index in [0.29, 0.717) is 11.8 Å². The van der Waals surface area contributed by atoms with E-state index in [1.54, 1.807) is 0 Å². The van der Waals surface area contributed by atoms with Gasteiger partial charge in [0.1, 0.15) is 23.7 Å². The fourth-order valence-electron chi connectivity index (χ4n) is 1.69. The highest BCUT2D eigenvalue weighted by molar-refractivity contribution is 6.32. The molecular formula is C15H9ClF2O3. The molecule has 0 bridgehead atoms. The van der Waals surface area contributed by atoms with Gasteiger partial charge in [0.25, 0.3) is 0 Å². The lowest BCUT2D eigenvalue weighted by Gasteiger charge is -2.08. The van der Waals surface area contributed by atoms with E-state index in [0.717, 1.165) is 18.2 Å². The second-order valence-electron chi connectivity index (χ2n) is 4.12. The van der Waals surface area contributed by atoms with Crippen molar-refractivity contribution >= 4 is 23.7 Å². The number of ether oxygens (including phenoxy) is 1. The second-order valence-corrected chi connectivity index (χ2v) is 4.52. The van der Waals surface area contributed by atoms with E-state index in [2.05, 4.69) is 0 Å². The van der Waals surface area contributed by atoms with Gasteiger partial charge in [-0.1, -0.05) is 17.7 Å². The highest BCUT2D eigenvalue weighted by Crippen LogP contribution is 2.25. The van der Waals surface area contributed by atoms with Crippen molar-refractivity contribution in [1.82, 2.24) is 0 Å². The van der Waals surface area contributed by atoms with E-state index in [1.165, 1.54) is 18.2 Å². The number of hydrogen-bond acceptors (Lipinski definition) is 3. The minimum atomic E-state index is -0.953. The van der Waals surface area contributed by atoms with Crippen molar-refractivity contribution in [1.29, 1.82) is 0 Å². The van der Waals surface area contributed by atoms with E-state index in [4.69, 9.17) is 16.3 Å². The van der Waals surface area contributed by atoms with E-state index in [9.17, 15) is 18.4 Å². The molecule has 0 N–H and O–H groups in total. The number of carbonyl (C=O) groups is 2. The second kappa shape index (κ2) is 6.45. The van der Waals surface area contributed by atoms with Crippen LogP contribution in [-0.4, -0.2) is 18.7 Å². The van der Waals surface area contributed by atoms with Crippen molar-refractivity contribution in [2.75, 3.05) is 6.61 Å². The van der Waals surface area contributed by atoms with E-state index in [-0.39, 0.29) is 10.8 Å². The van der Waals surface area contributed by atoms with Gasteiger partial charge in [0.15, 0.2) is 6.61 Å². The number of halogens is 3. The summed E-state index contributed by atoms with van der Waals surface area (Å²) in [5.41, 5.74) is -0.308. The Labute approximate surface area is 124 Å². The molecule has 3 nitrogen and oxygen atoms in total. The SMILES string of the molecule is O=Cc1ccc(OCC(=O)c2c(F)cccc2F)c(Cl)c1. The molecule has 21 heavy (non-hydrogen) atoms. The number of aldehydes is 1. The number of ketones is 1. The predicted molar refractivity (Wildman–Crippen MR) is 73.0 cm³/mol. The van der Waals surface area contributed by atoms with Gasteiger partial charge in [0.05, 0.1) is 10.6 Å². The summed E-state index contributed by atoms with van der Waals surface area (Å²) in [5, 5.41) is 0.126. The summed E-state index contributed by atoms with van der Waals surface area (Å²) in [4.78, 5) is 22.3. The van der Waals surface area contributed by atoms with Crippen molar-refractivity contribution in [2.24, 2.45) is 0 Å². The van der Waals surface area contributed by atoms with Crippen LogP contribution in [0.15, 0.2) is 36.4 Å². The van der Waals surface area contributed by atoms with Crippen molar-refractivity contribution in [2.45, 2.75) is 0 Å². The molecule has 0 spiro atoms. The smallest absolute Gasteiger partial charge is 0.206 e. The summed E-state index contributed by atoms with van der Waals surface area (Å²) in [6.07, 6.45) is 0.607. The standard InChI is InChI=1S/C15H9ClF2O3/c16-10-6-9(7-19)4-5-14(10)21-8-13(20)15-11(17)2-1-3-12(15)18/h1-7H,8H2. The van der Waals surface area contributed by atoms with Crippen LogP contribution in [-0.2, 0) is 0 Å². The molecule has 108 valence electrons. The van der Waals surface area contributed by atoms with E-state index >= 15 is 0 Å². The van der Waals surface area contributed by atoms with E-state index in [1.807, 2.05) is 0 Å². The Morgan fingerprint density at radius 3 is 2.43 bits per heavy atom. The van der Waals surface area contributed by atoms with Gasteiger partial charge in [0.2, 0.25) is 5.78 Å². The monoisotopic (exact) mass is 310 g/mol. The molecule has 0 fully saturated rings. The van der Waals surface area contributed by atoms with Gasteiger partial charge in [-0.3, -0.25) is 9.59 Å². The fraction of sp³-hybridized carbons (Fsp3) is 0.0667. The Hall–Kier alpha value is -2.27. The molecule has 0 unspecified atom stereocenters. The summed E-state index contributed by atoms with van der Waals surface area (Å²) in [7, 11) is 0. The predicted octanol–water partition coefficient (Wildman–Crippen LogP) is 3.69. The van der Waals surface area contributed by atoms with Crippen LogP contribution >= 0.6 is 11.6 Å². The van der Waals surface area contributed by atoms with Crippen molar-refractivity contribution in [3.8, 4) is 5.75 Å². The van der Waals surface area contributed by atoms with Gasteiger partial charge in [0, 0.05) is 5.56 Å². The maximum Gasteiger partial charge on any atom is 0.206 e. The lowest BCUT2D eigenvalue weighted by Crippen LogP contribution is -2.15. The summed E-state index contributed by atoms with van der Waals surface area (Å²) < 4.78 is 32.0. The maximum absolute atomic E-state index is 13.4. The molecule has 0 heterocycles. The average Bonchev–Trinajstić information content (AvgIpc) is 2.45. The number of carbonyl (C=O) groups excluding carboxylic acids is 2. The van der Waals surface area contributed by atoms with Crippen LogP contribution in [0, 0.1) is 11.6 Å². The quantitative estimate of drug-likeness (QED) is 0.625. The zero-order chi connectivity index (χ0) is 15.4. The van der Waals surface area contributed by atoms with Crippen LogP contribution in [0.1, 0.15) is 20.7 Å². The molecule has 0 atom stereocenters. The lowest BCUT2D eigenvalue weighted by molar-refractivity contribution is 0.0912. The molecule has 0 aliphatic heterocycles. The first kappa shape index (κ1) is 15.1. The Balaban J connectivity index is 2.13. The molecule has 0 aromatic heterocycles. The highest BCUT2D eigenvalue weighted by atomic mass is 35.5. The molecule has 0 aliphatic rings. The van der Waals surface area contributed by atoms with E-state index < -0.39 is 29.6 Å². The summed E-state index contributed by atoms with van der Waals surface area (Å²) in [6, 6.07) is 7.35. The molecule has 2 rings (SSSR count). The topological polar surface area (TPSA) is 43.4 Å². The largest absolute Gasteiger partial charge is 0.484 e. The van der Waals surface area contributed by atoms with Crippen molar-refractivity contribution in [3.63, 3.8) is 0 Å². The van der Waals surface area contributed by atoms with Crippen molar-refractivity contribution < 1.29 is 23.1 Å². The van der Waals surface area contributed by atoms with Crippen LogP contribution in [0.3, 0.4) is 0 Å². The van der Waals surface area contributed by atoms with Gasteiger partial charge in [-0.05, 0) is 30.3 Å². The van der Waals surface area contributed by atoms with Gasteiger partial charge in [-0.15, -0.1) is 0 Å². The molecular weight excluding hydrogens is 302 g/mol. The molecule has 0 aliphatic carbocycles. The first-order valence-electron chi connectivity index (χ1n) is 5.87. The molecule has 2 aromatic rings. The molecule has 0 amide bonds. The number of benzene rings is 2. The number of rotatable bonds is 5. The first-order valence-corrected chi connectivity index (χ1v) is 6.25. The Bertz CT molecular complexity index is 681. The van der Waals surface area contributed by atoms with Crippen LogP contribution in [0.2, 0.25) is 5.02 Å². The molecule has 0 saturated heterocycles. The molecule has 0 radical (unpaired) electrons. The molecule has 0 saturated carbocycles. The van der Waals surface area contributed by atoms with Crippen LogP contribution in [0.25, 0.3) is 0 Å². The third kappa shape index (κ3) is 3.44. The third-order valence-corrected chi connectivity index (χ3v) is 2.99. The van der Waals surface area contributed by atoms with Gasteiger partial charge < -0.3 is 4.74 Å². The zero-order valence-electron chi connectivity index (χ0n) is 10.6. The molecule has 2 aromatic carbocycles. The minimum Gasteiger partial charge on any atom is -0.484 e. The maximum atomic E-state index is 13.4. The average molecular weight is 311 g/mol. The third-order valence-electron chi connectivity index (χ3n) is 2.69. The fourth-order valence-corrected chi connectivity index (χ4v) is 1.93.